The number of nitro groups is 1. The summed E-state index contributed by atoms with van der Waals surface area (Å²) in [7, 11) is 0. The van der Waals surface area contributed by atoms with Gasteiger partial charge in [-0.2, -0.15) is 0 Å². The standard InChI is InChI=1S/C14H12N2O5/c17-14(18)15-11-7-4-8-12(16(19)20)13(11)21-9-10-5-2-1-3-6-10/h1-8,15H,9H2,(H,17,18)/p-1. The molecule has 0 heterocycles. The van der Waals surface area contributed by atoms with Crippen molar-refractivity contribution >= 4 is 17.5 Å². The molecule has 0 aliphatic heterocycles. The fourth-order valence-corrected chi connectivity index (χ4v) is 1.76. The normalized spacial score (nSPS) is 9.90. The second-order valence-electron chi connectivity index (χ2n) is 4.10. The van der Waals surface area contributed by atoms with E-state index < -0.39 is 11.0 Å². The van der Waals surface area contributed by atoms with Crippen LogP contribution in [0.1, 0.15) is 5.56 Å². The molecule has 2 aromatic rings. The Hall–Kier alpha value is -3.09. The van der Waals surface area contributed by atoms with Gasteiger partial charge in [0.15, 0.2) is 0 Å². The lowest BCUT2D eigenvalue weighted by atomic mass is 10.2. The van der Waals surface area contributed by atoms with Gasteiger partial charge in [-0.3, -0.25) is 10.1 Å². The maximum absolute atomic E-state index is 11.0. The van der Waals surface area contributed by atoms with Gasteiger partial charge in [0.25, 0.3) is 0 Å². The molecule has 1 N–H and O–H groups in total. The predicted octanol–water partition coefficient (Wildman–Crippen LogP) is 1.93. The summed E-state index contributed by atoms with van der Waals surface area (Å²) in [5.41, 5.74) is 0.451. The lowest BCUT2D eigenvalue weighted by Crippen LogP contribution is -2.29. The highest BCUT2D eigenvalue weighted by molar-refractivity contribution is 5.85. The van der Waals surface area contributed by atoms with Gasteiger partial charge in [0.05, 0.1) is 10.6 Å². The molecule has 0 bridgehead atoms. The second-order valence-corrected chi connectivity index (χ2v) is 4.10. The third-order valence-corrected chi connectivity index (χ3v) is 2.65. The monoisotopic (exact) mass is 287 g/mol. The summed E-state index contributed by atoms with van der Waals surface area (Å²) in [5, 5.41) is 23.6. The molecule has 0 radical (unpaired) electrons. The van der Waals surface area contributed by atoms with E-state index in [1.807, 2.05) is 11.4 Å². The summed E-state index contributed by atoms with van der Waals surface area (Å²) in [6.07, 6.45) is -1.57. The van der Waals surface area contributed by atoms with Gasteiger partial charge in [-0.1, -0.05) is 36.4 Å². The van der Waals surface area contributed by atoms with E-state index in [4.69, 9.17) is 4.74 Å². The van der Waals surface area contributed by atoms with Crippen LogP contribution >= 0.6 is 0 Å². The quantitative estimate of drug-likeness (QED) is 0.668. The van der Waals surface area contributed by atoms with Crippen molar-refractivity contribution in [1.29, 1.82) is 0 Å². The number of carbonyl (C=O) groups excluding carboxylic acids is 1. The number of carboxylic acid groups (broad SMARTS) is 1. The van der Waals surface area contributed by atoms with Crippen LogP contribution in [0, 0.1) is 10.1 Å². The minimum Gasteiger partial charge on any atom is -0.530 e. The zero-order valence-corrected chi connectivity index (χ0v) is 10.8. The Morgan fingerprint density at radius 1 is 1.14 bits per heavy atom. The van der Waals surface area contributed by atoms with Crippen LogP contribution in [0.25, 0.3) is 0 Å². The maximum atomic E-state index is 11.0. The number of para-hydroxylation sites is 1. The molecule has 0 spiro atoms. The van der Waals surface area contributed by atoms with Crippen LogP contribution in [0.4, 0.5) is 16.2 Å². The Balaban J connectivity index is 2.30. The number of nitrogens with one attached hydrogen (secondary N) is 1. The molecule has 0 aromatic heterocycles. The number of nitro benzene ring substituents is 1. The molecule has 0 aliphatic carbocycles. The van der Waals surface area contributed by atoms with Crippen LogP contribution in [0.5, 0.6) is 5.75 Å². The summed E-state index contributed by atoms with van der Waals surface area (Å²) in [4.78, 5) is 21.0. The fraction of sp³-hybridized carbons (Fsp3) is 0.0714. The Morgan fingerprint density at radius 3 is 2.48 bits per heavy atom. The first kappa shape index (κ1) is 14.3. The first-order chi connectivity index (χ1) is 10.1. The fourth-order valence-electron chi connectivity index (χ4n) is 1.76. The van der Waals surface area contributed by atoms with Crippen LogP contribution in [-0.2, 0) is 6.61 Å². The van der Waals surface area contributed by atoms with Gasteiger partial charge in [-0.15, -0.1) is 0 Å². The molecule has 0 aliphatic rings. The summed E-state index contributed by atoms with van der Waals surface area (Å²) in [5.74, 6) is -0.143. The molecule has 0 fully saturated rings. The van der Waals surface area contributed by atoms with E-state index >= 15 is 0 Å². The first-order valence-electron chi connectivity index (χ1n) is 6.00. The van der Waals surface area contributed by atoms with Crippen molar-refractivity contribution < 1.29 is 19.6 Å². The topological polar surface area (TPSA) is 105 Å². The zero-order valence-electron chi connectivity index (χ0n) is 10.8. The van der Waals surface area contributed by atoms with E-state index in [-0.39, 0.29) is 23.7 Å². The second kappa shape index (κ2) is 6.38. The summed E-state index contributed by atoms with van der Waals surface area (Å²) in [6, 6.07) is 13.0. The van der Waals surface area contributed by atoms with Crippen LogP contribution in [0.15, 0.2) is 48.5 Å². The zero-order chi connectivity index (χ0) is 15.2. The number of carbonyl (C=O) groups is 1. The maximum Gasteiger partial charge on any atom is 0.313 e. The third-order valence-electron chi connectivity index (χ3n) is 2.65. The molecule has 7 nitrogen and oxygen atoms in total. The average Bonchev–Trinajstić information content (AvgIpc) is 2.46. The third kappa shape index (κ3) is 3.69. The number of amides is 1. The minimum absolute atomic E-state index is 0.0277. The van der Waals surface area contributed by atoms with Crippen molar-refractivity contribution in [3.63, 3.8) is 0 Å². The number of hydrogen-bond donors (Lipinski definition) is 1. The van der Waals surface area contributed by atoms with E-state index in [0.717, 1.165) is 5.56 Å². The van der Waals surface area contributed by atoms with E-state index in [1.165, 1.54) is 18.2 Å². The highest BCUT2D eigenvalue weighted by Gasteiger charge is 2.19. The van der Waals surface area contributed by atoms with Crippen LogP contribution in [-0.4, -0.2) is 11.0 Å². The van der Waals surface area contributed by atoms with Gasteiger partial charge < -0.3 is 20.0 Å². The van der Waals surface area contributed by atoms with E-state index in [1.54, 1.807) is 24.3 Å². The number of rotatable bonds is 5. The lowest BCUT2D eigenvalue weighted by molar-refractivity contribution is -0.385. The van der Waals surface area contributed by atoms with Crippen molar-refractivity contribution in [2.24, 2.45) is 0 Å². The van der Waals surface area contributed by atoms with Crippen molar-refractivity contribution in [2.75, 3.05) is 5.32 Å². The molecule has 1 amide bonds. The van der Waals surface area contributed by atoms with E-state index in [9.17, 15) is 20.0 Å². The van der Waals surface area contributed by atoms with Gasteiger partial charge in [0, 0.05) is 6.07 Å². The van der Waals surface area contributed by atoms with Crippen molar-refractivity contribution in [2.45, 2.75) is 6.61 Å². The van der Waals surface area contributed by atoms with Gasteiger partial charge in [0.1, 0.15) is 12.7 Å². The Labute approximate surface area is 119 Å². The SMILES string of the molecule is O=C([O-])Nc1cccc([N+](=O)[O-])c1OCc1ccccc1. The molecule has 0 atom stereocenters. The molecule has 108 valence electrons. The number of benzene rings is 2. The predicted molar refractivity (Wildman–Crippen MR) is 72.9 cm³/mol. The Morgan fingerprint density at radius 2 is 1.86 bits per heavy atom. The smallest absolute Gasteiger partial charge is 0.313 e. The Kier molecular flexibility index (Phi) is 4.35. The van der Waals surface area contributed by atoms with Crippen molar-refractivity contribution in [1.82, 2.24) is 0 Å². The number of ether oxygens (including phenoxy) is 1. The molecule has 2 rings (SSSR count). The molecule has 7 heteroatoms. The van der Waals surface area contributed by atoms with E-state index in [2.05, 4.69) is 0 Å². The highest BCUT2D eigenvalue weighted by atomic mass is 16.6. The molecule has 0 saturated carbocycles. The molecular weight excluding hydrogens is 276 g/mol. The summed E-state index contributed by atoms with van der Waals surface area (Å²) >= 11 is 0. The first-order valence-corrected chi connectivity index (χ1v) is 6.00. The van der Waals surface area contributed by atoms with Crippen LogP contribution in [0.2, 0.25) is 0 Å². The number of nitrogens with zero attached hydrogens (tertiary/aromatic N) is 1. The average molecular weight is 287 g/mol. The van der Waals surface area contributed by atoms with Gasteiger partial charge >= 0.3 is 5.69 Å². The number of anilines is 1. The Bertz CT molecular complexity index is 658. The van der Waals surface area contributed by atoms with Crippen molar-refractivity contribution in [3.8, 4) is 5.75 Å². The van der Waals surface area contributed by atoms with Crippen molar-refractivity contribution in [3.05, 3.63) is 64.2 Å². The highest BCUT2D eigenvalue weighted by Crippen LogP contribution is 2.35. The minimum atomic E-state index is -1.57. The molecule has 0 saturated heterocycles. The largest absolute Gasteiger partial charge is 0.530 e. The molecule has 0 unspecified atom stereocenters. The van der Waals surface area contributed by atoms with Gasteiger partial charge in [-0.05, 0) is 11.6 Å². The molecule has 2 aromatic carbocycles. The van der Waals surface area contributed by atoms with Gasteiger partial charge in [-0.25, -0.2) is 0 Å². The van der Waals surface area contributed by atoms with E-state index in [0.29, 0.717) is 0 Å². The van der Waals surface area contributed by atoms with Crippen LogP contribution in [0.3, 0.4) is 0 Å². The molecule has 21 heavy (non-hydrogen) atoms. The lowest BCUT2D eigenvalue weighted by Gasteiger charge is -2.13. The molecular formula is C14H11N2O5-. The number of hydrogen-bond acceptors (Lipinski definition) is 5. The van der Waals surface area contributed by atoms with Gasteiger partial charge in [0.2, 0.25) is 5.75 Å². The summed E-state index contributed by atoms with van der Waals surface area (Å²) in [6.45, 7) is 0.0768. The van der Waals surface area contributed by atoms with Crippen LogP contribution < -0.4 is 15.2 Å². The summed E-state index contributed by atoms with van der Waals surface area (Å²) < 4.78 is 5.42.